The van der Waals surface area contributed by atoms with Gasteiger partial charge in [0.25, 0.3) is 0 Å². The predicted octanol–water partition coefficient (Wildman–Crippen LogP) is 1.75. The Morgan fingerprint density at radius 1 is 0.966 bits per heavy atom. The number of amidine groups is 1. The minimum atomic E-state index is -0.497. The van der Waals surface area contributed by atoms with E-state index in [2.05, 4.69) is 63.7 Å². The van der Waals surface area contributed by atoms with Gasteiger partial charge in [0, 0.05) is 0 Å². The number of aliphatic imine (C=N–C) groups is 1. The van der Waals surface area contributed by atoms with Crippen LogP contribution in [0.2, 0.25) is 0 Å². The standard InChI is InChI=1S/C21H12N3O2STe2/c25-19-13(20(26)23-21(28)22-19)11-12-9-10-18(27-12)24-14-5-1-3-7-16(14)29-17-8-4-2-6-15(17)24/h1-11H,(H,22,23,25,26). The van der Waals surface area contributed by atoms with Crippen LogP contribution in [-0.4, -0.2) is 58.9 Å². The van der Waals surface area contributed by atoms with Crippen molar-refractivity contribution in [1.29, 1.82) is 0 Å². The first kappa shape index (κ1) is 19.1. The van der Waals surface area contributed by atoms with Crippen molar-refractivity contribution in [2.45, 2.75) is 0 Å². The van der Waals surface area contributed by atoms with Crippen molar-refractivity contribution < 1.29 is 9.59 Å². The zero-order valence-electron chi connectivity index (χ0n) is 14.8. The number of para-hydroxylation sites is 2. The summed E-state index contributed by atoms with van der Waals surface area (Å²) in [6, 6.07) is 21.0. The summed E-state index contributed by atoms with van der Waals surface area (Å²) in [7, 11) is 0. The summed E-state index contributed by atoms with van der Waals surface area (Å²) in [6.07, 6.45) is 1.62. The quantitative estimate of drug-likeness (QED) is 0.210. The Morgan fingerprint density at radius 3 is 2.28 bits per heavy atom. The number of carbonyl (C=O) groups excluding carboxylic acids is 2. The number of anilines is 3. The van der Waals surface area contributed by atoms with Crippen LogP contribution in [0.4, 0.5) is 16.4 Å². The zero-order chi connectivity index (χ0) is 20.0. The van der Waals surface area contributed by atoms with Gasteiger partial charge < -0.3 is 0 Å². The maximum atomic E-state index is 12.2. The Kier molecular flexibility index (Phi) is 5.07. The second-order valence-corrected chi connectivity index (χ2v) is 11.6. The minimum absolute atomic E-state index is 0.0668. The molecule has 141 valence electrons. The van der Waals surface area contributed by atoms with Gasteiger partial charge in [-0.05, 0) is 0 Å². The van der Waals surface area contributed by atoms with E-state index in [1.165, 1.54) is 40.9 Å². The maximum absolute atomic E-state index is 12.2. The van der Waals surface area contributed by atoms with Crippen molar-refractivity contribution in [2.24, 2.45) is 4.99 Å². The van der Waals surface area contributed by atoms with Gasteiger partial charge in [-0.25, -0.2) is 0 Å². The van der Waals surface area contributed by atoms with Gasteiger partial charge in [-0.2, -0.15) is 0 Å². The molecule has 1 aromatic heterocycles. The molecule has 2 aliphatic rings. The molecule has 29 heavy (non-hydrogen) atoms. The normalized spacial score (nSPS) is 16.9. The van der Waals surface area contributed by atoms with Gasteiger partial charge in [0.2, 0.25) is 0 Å². The number of fused-ring (bicyclic) bond motifs is 2. The summed E-state index contributed by atoms with van der Waals surface area (Å²) in [6.45, 7) is 0. The third kappa shape index (κ3) is 3.57. The van der Waals surface area contributed by atoms with Crippen molar-refractivity contribution in [3.05, 3.63) is 71.1 Å². The van der Waals surface area contributed by atoms with Crippen LogP contribution in [0.3, 0.4) is 0 Å². The fourth-order valence-corrected chi connectivity index (χ4v) is 7.69. The number of rotatable bonds is 2. The Hall–Kier alpha value is -1.93. The molecule has 3 heterocycles. The molecule has 5 nitrogen and oxygen atoms in total. The molecule has 0 spiro atoms. The van der Waals surface area contributed by atoms with Crippen molar-refractivity contribution >= 4 is 99.9 Å². The Balaban J connectivity index is 1.58. The van der Waals surface area contributed by atoms with E-state index in [1.54, 1.807) is 17.4 Å². The van der Waals surface area contributed by atoms with E-state index in [4.69, 9.17) is 0 Å². The Bertz CT molecular complexity index is 1190. The second-order valence-electron chi connectivity index (χ2n) is 6.28. The molecule has 2 aromatic carbocycles. The summed E-state index contributed by atoms with van der Waals surface area (Å²) < 4.78 is 3.14. The van der Waals surface area contributed by atoms with E-state index >= 15 is 0 Å². The number of carbonyl (C=O) groups is 2. The summed E-state index contributed by atoms with van der Waals surface area (Å²) in [5.74, 6) is -0.900. The molecule has 3 aromatic rings. The topological polar surface area (TPSA) is 61.8 Å². The molecule has 0 unspecified atom stereocenters. The van der Waals surface area contributed by atoms with Crippen LogP contribution >= 0.6 is 11.3 Å². The van der Waals surface area contributed by atoms with E-state index in [0.717, 1.165) is 9.88 Å². The number of hydrogen-bond donors (Lipinski definition) is 1. The van der Waals surface area contributed by atoms with Gasteiger partial charge in [-0.1, -0.05) is 0 Å². The molecule has 0 fully saturated rings. The zero-order valence-corrected chi connectivity index (χ0v) is 20.3. The van der Waals surface area contributed by atoms with E-state index in [1.807, 2.05) is 12.1 Å². The monoisotopic (exact) mass is 630 g/mol. The van der Waals surface area contributed by atoms with Crippen LogP contribution in [0.25, 0.3) is 6.08 Å². The van der Waals surface area contributed by atoms with Crippen LogP contribution in [-0.2, 0) is 9.59 Å². The molecular weight excluding hydrogens is 614 g/mol. The second kappa shape index (κ2) is 7.72. The summed E-state index contributed by atoms with van der Waals surface area (Å²) in [5, 5.41) is 3.65. The van der Waals surface area contributed by atoms with E-state index < -0.39 is 32.7 Å². The van der Waals surface area contributed by atoms with Gasteiger partial charge in [0.05, 0.1) is 0 Å². The molecule has 8 heteroatoms. The molecule has 5 rings (SSSR count). The van der Waals surface area contributed by atoms with Gasteiger partial charge in [0.15, 0.2) is 0 Å². The van der Waals surface area contributed by atoms with Gasteiger partial charge in [-0.3, -0.25) is 0 Å². The van der Waals surface area contributed by atoms with Gasteiger partial charge >= 0.3 is 196 Å². The first-order valence-electron chi connectivity index (χ1n) is 8.69. The molecule has 1 radical (unpaired) electrons. The Morgan fingerprint density at radius 2 is 1.62 bits per heavy atom. The van der Waals surface area contributed by atoms with E-state index in [-0.39, 0.29) is 5.57 Å². The fraction of sp³-hybridized carbons (Fsp3) is 0. The molecule has 1 N–H and O–H groups in total. The van der Waals surface area contributed by atoms with E-state index in [0.29, 0.717) is 3.88 Å². The van der Waals surface area contributed by atoms with Crippen LogP contribution < -0.4 is 17.4 Å². The average molecular weight is 626 g/mol. The molecule has 0 aliphatic carbocycles. The molecule has 0 bridgehead atoms. The fourth-order valence-electron chi connectivity index (χ4n) is 3.19. The first-order valence-corrected chi connectivity index (χ1v) is 13.0. The number of amides is 2. The molecular formula is C21H12N3O2STe2. The SMILES string of the molecule is O=C1N=C([Te])NC(=O)/C1=C\c1ccc(N2c3ccccc3[Te]c3ccccc32)s1. The van der Waals surface area contributed by atoms with Crippen molar-refractivity contribution in [1.82, 2.24) is 5.32 Å². The van der Waals surface area contributed by atoms with Crippen LogP contribution in [0, 0.1) is 0 Å². The molecule has 0 saturated heterocycles. The number of thiophene rings is 1. The van der Waals surface area contributed by atoms with Crippen LogP contribution in [0.5, 0.6) is 0 Å². The summed E-state index contributed by atoms with van der Waals surface area (Å²) in [5.41, 5.74) is 2.49. The van der Waals surface area contributed by atoms with E-state index in [9.17, 15) is 9.59 Å². The van der Waals surface area contributed by atoms with Crippen molar-refractivity contribution in [3.8, 4) is 0 Å². The van der Waals surface area contributed by atoms with Crippen molar-refractivity contribution in [3.63, 3.8) is 0 Å². The molecule has 0 atom stereocenters. The van der Waals surface area contributed by atoms with Crippen LogP contribution in [0.1, 0.15) is 4.88 Å². The average Bonchev–Trinajstić information content (AvgIpc) is 3.17. The van der Waals surface area contributed by atoms with Gasteiger partial charge in [0.1, 0.15) is 0 Å². The third-order valence-electron chi connectivity index (χ3n) is 4.45. The third-order valence-corrected chi connectivity index (χ3v) is 9.25. The number of nitrogens with one attached hydrogen (secondary N) is 1. The number of benzene rings is 2. The first-order chi connectivity index (χ1) is 14.1. The predicted molar refractivity (Wildman–Crippen MR) is 118 cm³/mol. The van der Waals surface area contributed by atoms with Crippen molar-refractivity contribution in [2.75, 3.05) is 4.90 Å². The van der Waals surface area contributed by atoms with Crippen LogP contribution in [0.15, 0.2) is 71.2 Å². The molecule has 2 amide bonds. The molecule has 2 aliphatic heterocycles. The number of nitrogens with zero attached hydrogens (tertiary/aromatic N) is 2. The number of hydrogen-bond acceptors (Lipinski definition) is 4. The van der Waals surface area contributed by atoms with Gasteiger partial charge in [-0.15, -0.1) is 0 Å². The molecule has 0 saturated carbocycles. The summed E-state index contributed by atoms with van der Waals surface area (Å²) in [4.78, 5) is 31.3. The summed E-state index contributed by atoms with van der Waals surface area (Å²) >= 11 is 2.64. The Labute approximate surface area is 194 Å².